The van der Waals surface area contributed by atoms with E-state index in [0.717, 1.165) is 24.2 Å². The van der Waals surface area contributed by atoms with E-state index in [1.165, 1.54) is 24.3 Å². The Labute approximate surface area is 133 Å². The van der Waals surface area contributed by atoms with Gasteiger partial charge in [-0.05, 0) is 48.4 Å². The standard InChI is InChI=1S/C15H16N4O3S/c16-12-3-5-13(6-4-12)23(21,22)19-18-15(20)11-2-1-10-7-8-17-14(10)9-11/h1-6,9,17,19H,7-8,16H2,(H,18,20). The molecule has 1 amide bonds. The van der Waals surface area contributed by atoms with Gasteiger partial charge in [0.05, 0.1) is 4.90 Å². The molecule has 5 N–H and O–H groups in total. The van der Waals surface area contributed by atoms with E-state index in [-0.39, 0.29) is 4.90 Å². The van der Waals surface area contributed by atoms with Gasteiger partial charge in [-0.3, -0.25) is 10.2 Å². The third kappa shape index (κ3) is 3.27. The number of fused-ring (bicyclic) bond motifs is 1. The summed E-state index contributed by atoms with van der Waals surface area (Å²) in [5.74, 6) is -0.527. The summed E-state index contributed by atoms with van der Waals surface area (Å²) in [6.07, 6.45) is 0.918. The molecule has 0 spiro atoms. The number of carbonyl (C=O) groups excluding carboxylic acids is 1. The molecule has 1 aliphatic heterocycles. The zero-order chi connectivity index (χ0) is 16.4. The van der Waals surface area contributed by atoms with E-state index in [0.29, 0.717) is 11.3 Å². The highest BCUT2D eigenvalue weighted by molar-refractivity contribution is 7.89. The van der Waals surface area contributed by atoms with Gasteiger partial charge in [-0.15, -0.1) is 4.83 Å². The van der Waals surface area contributed by atoms with Crippen molar-refractivity contribution in [2.75, 3.05) is 17.6 Å². The molecule has 1 heterocycles. The minimum Gasteiger partial charge on any atom is -0.399 e. The number of hydrazine groups is 1. The second kappa shape index (κ2) is 5.90. The molecule has 1 aliphatic rings. The number of amides is 1. The van der Waals surface area contributed by atoms with E-state index in [4.69, 9.17) is 5.73 Å². The summed E-state index contributed by atoms with van der Waals surface area (Å²) in [6, 6.07) is 10.9. The number of nitrogens with two attached hydrogens (primary N) is 1. The van der Waals surface area contributed by atoms with Gasteiger partial charge >= 0.3 is 0 Å². The van der Waals surface area contributed by atoms with Crippen LogP contribution in [0.4, 0.5) is 11.4 Å². The molecule has 8 heteroatoms. The molecule has 0 unspecified atom stereocenters. The van der Waals surface area contributed by atoms with Gasteiger partial charge in [0.1, 0.15) is 0 Å². The lowest BCUT2D eigenvalue weighted by Crippen LogP contribution is -2.41. The first-order chi connectivity index (χ1) is 11.0. The predicted molar refractivity (Wildman–Crippen MR) is 87.3 cm³/mol. The van der Waals surface area contributed by atoms with Gasteiger partial charge in [-0.2, -0.15) is 0 Å². The lowest BCUT2D eigenvalue weighted by molar-refractivity contribution is 0.0945. The van der Waals surface area contributed by atoms with Crippen molar-refractivity contribution in [3.8, 4) is 0 Å². The van der Waals surface area contributed by atoms with Crippen molar-refractivity contribution in [3.05, 3.63) is 53.6 Å². The minimum absolute atomic E-state index is 0.0163. The van der Waals surface area contributed by atoms with Crippen LogP contribution in [-0.2, 0) is 16.4 Å². The Morgan fingerprint density at radius 2 is 1.87 bits per heavy atom. The average Bonchev–Trinajstić information content (AvgIpc) is 3.00. The third-order valence-corrected chi connectivity index (χ3v) is 4.83. The molecular weight excluding hydrogens is 316 g/mol. The molecule has 0 bridgehead atoms. The predicted octanol–water partition coefficient (Wildman–Crippen LogP) is 0.860. The monoisotopic (exact) mass is 332 g/mol. The van der Waals surface area contributed by atoms with Crippen LogP contribution in [0.2, 0.25) is 0 Å². The molecule has 2 aromatic rings. The van der Waals surface area contributed by atoms with E-state index in [1.807, 2.05) is 6.07 Å². The molecule has 3 rings (SSSR count). The van der Waals surface area contributed by atoms with E-state index >= 15 is 0 Å². The number of anilines is 2. The van der Waals surface area contributed by atoms with Crippen LogP contribution < -0.4 is 21.3 Å². The quantitative estimate of drug-likeness (QED) is 0.490. The second-order valence-corrected chi connectivity index (χ2v) is 6.86. The maximum Gasteiger partial charge on any atom is 0.266 e. The molecule has 0 atom stereocenters. The van der Waals surface area contributed by atoms with Gasteiger partial charge < -0.3 is 11.1 Å². The Hall–Kier alpha value is -2.58. The van der Waals surface area contributed by atoms with Crippen LogP contribution in [0.1, 0.15) is 15.9 Å². The molecule has 7 nitrogen and oxygen atoms in total. The summed E-state index contributed by atoms with van der Waals surface area (Å²) in [4.78, 5) is 14.2. The number of carbonyl (C=O) groups is 1. The molecule has 0 saturated carbocycles. The second-order valence-electron chi connectivity index (χ2n) is 5.18. The molecule has 0 fully saturated rings. The van der Waals surface area contributed by atoms with Gasteiger partial charge in [-0.25, -0.2) is 8.42 Å². The van der Waals surface area contributed by atoms with Crippen molar-refractivity contribution in [3.63, 3.8) is 0 Å². The van der Waals surface area contributed by atoms with Crippen molar-refractivity contribution in [1.82, 2.24) is 10.3 Å². The van der Waals surface area contributed by atoms with Gasteiger partial charge in [0.25, 0.3) is 15.9 Å². The summed E-state index contributed by atoms with van der Waals surface area (Å²) in [7, 11) is -3.84. The molecule has 120 valence electrons. The van der Waals surface area contributed by atoms with E-state index < -0.39 is 15.9 Å². The Morgan fingerprint density at radius 3 is 2.61 bits per heavy atom. The number of nitrogen functional groups attached to an aromatic ring is 1. The zero-order valence-electron chi connectivity index (χ0n) is 12.2. The van der Waals surface area contributed by atoms with Crippen LogP contribution in [0, 0.1) is 0 Å². The number of nitrogens with one attached hydrogen (secondary N) is 3. The molecule has 2 aromatic carbocycles. The highest BCUT2D eigenvalue weighted by atomic mass is 32.2. The topological polar surface area (TPSA) is 113 Å². The van der Waals surface area contributed by atoms with Crippen molar-refractivity contribution in [2.24, 2.45) is 0 Å². The van der Waals surface area contributed by atoms with Crippen LogP contribution in [0.15, 0.2) is 47.4 Å². The van der Waals surface area contributed by atoms with Crippen LogP contribution in [0.3, 0.4) is 0 Å². The molecular formula is C15H16N4O3S. The van der Waals surface area contributed by atoms with E-state index in [1.54, 1.807) is 12.1 Å². The summed E-state index contributed by atoms with van der Waals surface area (Å²) < 4.78 is 24.2. The summed E-state index contributed by atoms with van der Waals surface area (Å²) >= 11 is 0. The SMILES string of the molecule is Nc1ccc(S(=O)(=O)NNC(=O)c2ccc3c(c2)NCC3)cc1. The maximum atomic E-state index is 12.1. The van der Waals surface area contributed by atoms with Gasteiger partial charge in [0.2, 0.25) is 0 Å². The fourth-order valence-electron chi connectivity index (χ4n) is 2.32. The van der Waals surface area contributed by atoms with Crippen LogP contribution in [0.25, 0.3) is 0 Å². The normalized spacial score (nSPS) is 13.2. The largest absolute Gasteiger partial charge is 0.399 e. The van der Waals surface area contributed by atoms with Gasteiger partial charge in [0, 0.05) is 23.5 Å². The Morgan fingerprint density at radius 1 is 1.13 bits per heavy atom. The fourth-order valence-corrected chi connectivity index (χ4v) is 3.16. The van der Waals surface area contributed by atoms with Crippen molar-refractivity contribution >= 4 is 27.3 Å². The van der Waals surface area contributed by atoms with Crippen molar-refractivity contribution in [1.29, 1.82) is 0 Å². The Bertz CT molecular complexity index is 848. The minimum atomic E-state index is -3.84. The Kier molecular flexibility index (Phi) is 3.93. The zero-order valence-corrected chi connectivity index (χ0v) is 13.0. The highest BCUT2D eigenvalue weighted by Crippen LogP contribution is 2.23. The molecule has 0 aliphatic carbocycles. The number of benzene rings is 2. The van der Waals surface area contributed by atoms with Crippen LogP contribution in [-0.4, -0.2) is 20.9 Å². The van der Waals surface area contributed by atoms with Gasteiger partial charge in [-0.1, -0.05) is 6.07 Å². The fraction of sp³-hybridized carbons (Fsp3) is 0.133. The van der Waals surface area contributed by atoms with Crippen molar-refractivity contribution < 1.29 is 13.2 Å². The van der Waals surface area contributed by atoms with Crippen LogP contribution >= 0.6 is 0 Å². The molecule has 0 saturated heterocycles. The molecule has 23 heavy (non-hydrogen) atoms. The number of rotatable bonds is 4. The van der Waals surface area contributed by atoms with Gasteiger partial charge in [0.15, 0.2) is 0 Å². The average molecular weight is 332 g/mol. The summed E-state index contributed by atoms with van der Waals surface area (Å²) in [6.45, 7) is 0.837. The first-order valence-corrected chi connectivity index (χ1v) is 8.48. The smallest absolute Gasteiger partial charge is 0.266 e. The number of sulfonamides is 1. The lowest BCUT2D eigenvalue weighted by Gasteiger charge is -2.09. The summed E-state index contributed by atoms with van der Waals surface area (Å²) in [5.41, 5.74) is 10.6. The van der Waals surface area contributed by atoms with E-state index in [2.05, 4.69) is 15.6 Å². The third-order valence-electron chi connectivity index (χ3n) is 3.57. The number of hydrogen-bond acceptors (Lipinski definition) is 5. The lowest BCUT2D eigenvalue weighted by atomic mass is 10.1. The van der Waals surface area contributed by atoms with Crippen molar-refractivity contribution in [2.45, 2.75) is 11.3 Å². The first-order valence-electron chi connectivity index (χ1n) is 7.00. The van der Waals surface area contributed by atoms with E-state index in [9.17, 15) is 13.2 Å². The first kappa shape index (κ1) is 15.3. The maximum absolute atomic E-state index is 12.1. The Balaban J connectivity index is 1.70. The molecule has 0 radical (unpaired) electrons. The number of hydrogen-bond donors (Lipinski definition) is 4. The highest BCUT2D eigenvalue weighted by Gasteiger charge is 2.17. The summed E-state index contributed by atoms with van der Waals surface area (Å²) in [5, 5.41) is 3.17. The van der Waals surface area contributed by atoms with Crippen LogP contribution in [0.5, 0.6) is 0 Å². The molecule has 0 aromatic heterocycles.